The second-order valence-corrected chi connectivity index (χ2v) is 11.4. The fourth-order valence-electron chi connectivity index (χ4n) is 2.82. The summed E-state index contributed by atoms with van der Waals surface area (Å²) in [4.78, 5) is 22.4. The lowest BCUT2D eigenvalue weighted by atomic mass is 10.2. The van der Waals surface area contributed by atoms with Gasteiger partial charge in [0.25, 0.3) is 11.3 Å². The van der Waals surface area contributed by atoms with Crippen molar-refractivity contribution in [3.63, 3.8) is 0 Å². The lowest BCUT2D eigenvalue weighted by molar-refractivity contribution is 0.252. The summed E-state index contributed by atoms with van der Waals surface area (Å²) >= 11 is 4.85. The van der Waals surface area contributed by atoms with Gasteiger partial charge in [0.15, 0.2) is 4.34 Å². The Morgan fingerprint density at radius 1 is 1.10 bits per heavy atom. The fourth-order valence-corrected chi connectivity index (χ4v) is 6.33. The average Bonchev–Trinajstić information content (AvgIpc) is 3.26. The molecule has 0 bridgehead atoms. The number of fused-ring (bicyclic) bond motifs is 1. The van der Waals surface area contributed by atoms with E-state index in [4.69, 9.17) is 0 Å². The van der Waals surface area contributed by atoms with Crippen molar-refractivity contribution in [1.29, 1.82) is 0 Å². The van der Waals surface area contributed by atoms with Crippen LogP contribution in [0.2, 0.25) is 0 Å². The summed E-state index contributed by atoms with van der Waals surface area (Å²) in [6.07, 6.45) is 0. The molecule has 31 heavy (non-hydrogen) atoms. The van der Waals surface area contributed by atoms with Crippen molar-refractivity contribution < 1.29 is 8.78 Å². The molecule has 3 heterocycles. The summed E-state index contributed by atoms with van der Waals surface area (Å²) in [6.45, 7) is 5.87. The number of nitrogens with one attached hydrogen (secondary N) is 2. The molecular formula is C19H17F2N5OS4. The van der Waals surface area contributed by atoms with Crippen molar-refractivity contribution in [1.82, 2.24) is 20.2 Å². The van der Waals surface area contributed by atoms with Crippen molar-refractivity contribution in [3.8, 4) is 0 Å². The second-order valence-electron chi connectivity index (χ2n) is 6.58. The highest BCUT2D eigenvalue weighted by Gasteiger charge is 2.18. The van der Waals surface area contributed by atoms with Crippen LogP contribution in [-0.2, 0) is 0 Å². The van der Waals surface area contributed by atoms with Gasteiger partial charge in [-0.3, -0.25) is 4.79 Å². The first kappa shape index (κ1) is 22.2. The molecule has 0 fully saturated rings. The molecule has 0 amide bonds. The SMILES string of the molecule is Cc1sc2nc(C(C)Sc3nnc(Nc4ccc(SC(F)F)cc4)s3)[nH]c(=O)c2c1C. The number of H-pyrrole nitrogens is 1. The van der Waals surface area contributed by atoms with E-state index in [0.29, 0.717) is 33.0 Å². The number of rotatable bonds is 7. The third kappa shape index (κ3) is 5.08. The van der Waals surface area contributed by atoms with E-state index in [0.717, 1.165) is 25.3 Å². The van der Waals surface area contributed by atoms with Crippen LogP contribution in [-0.4, -0.2) is 25.9 Å². The van der Waals surface area contributed by atoms with Crippen molar-refractivity contribution >= 4 is 67.2 Å². The summed E-state index contributed by atoms with van der Waals surface area (Å²) in [6, 6.07) is 6.70. The number of thiophene rings is 1. The number of aromatic amines is 1. The molecule has 4 rings (SSSR count). The van der Waals surface area contributed by atoms with Gasteiger partial charge in [-0.15, -0.1) is 21.5 Å². The number of benzene rings is 1. The summed E-state index contributed by atoms with van der Waals surface area (Å²) in [5, 5.41) is 12.6. The predicted octanol–water partition coefficient (Wildman–Crippen LogP) is 6.36. The molecule has 12 heteroatoms. The fraction of sp³-hybridized carbons (Fsp3) is 0.263. The van der Waals surface area contributed by atoms with Gasteiger partial charge in [-0.1, -0.05) is 34.9 Å². The van der Waals surface area contributed by atoms with E-state index < -0.39 is 5.76 Å². The van der Waals surface area contributed by atoms with Gasteiger partial charge >= 0.3 is 0 Å². The molecule has 0 spiro atoms. The van der Waals surface area contributed by atoms with Crippen LogP contribution >= 0.6 is 46.2 Å². The Hall–Kier alpha value is -2.02. The van der Waals surface area contributed by atoms with Crippen LogP contribution in [0.1, 0.15) is 28.4 Å². The standard InChI is InChI=1S/C19H17F2N5OS4/c1-8-9(2)28-16-13(8)15(27)23-14(24-16)10(3)29-19-26-25-18(31-19)22-11-4-6-12(7-5-11)30-17(20)21/h4-7,10,17H,1-3H3,(H,22,25)(H,23,24,27). The first-order valence-corrected chi connectivity index (χ1v) is 12.5. The van der Waals surface area contributed by atoms with Crippen LogP contribution in [0, 0.1) is 13.8 Å². The van der Waals surface area contributed by atoms with Crippen molar-refractivity contribution in [2.75, 3.05) is 5.32 Å². The Morgan fingerprint density at radius 3 is 2.55 bits per heavy atom. The molecule has 4 aromatic rings. The highest BCUT2D eigenvalue weighted by molar-refractivity contribution is 8.01. The van der Waals surface area contributed by atoms with Crippen LogP contribution < -0.4 is 10.9 Å². The monoisotopic (exact) mass is 497 g/mol. The van der Waals surface area contributed by atoms with Gasteiger partial charge in [0.05, 0.1) is 10.6 Å². The number of halogens is 2. The summed E-state index contributed by atoms with van der Waals surface area (Å²) in [5.74, 6) is -1.85. The predicted molar refractivity (Wildman–Crippen MR) is 125 cm³/mol. The minimum atomic E-state index is -2.44. The van der Waals surface area contributed by atoms with E-state index in [1.54, 1.807) is 24.3 Å². The summed E-state index contributed by atoms with van der Waals surface area (Å²) < 4.78 is 25.6. The van der Waals surface area contributed by atoms with Gasteiger partial charge in [-0.05, 0) is 50.6 Å². The van der Waals surface area contributed by atoms with Crippen LogP contribution in [0.4, 0.5) is 19.6 Å². The largest absolute Gasteiger partial charge is 0.330 e. The number of hydrogen-bond donors (Lipinski definition) is 2. The maximum atomic E-state index is 12.5. The van der Waals surface area contributed by atoms with Crippen LogP contribution in [0.5, 0.6) is 0 Å². The Bertz CT molecular complexity index is 1270. The number of nitrogens with zero attached hydrogens (tertiary/aromatic N) is 3. The normalized spacial score (nSPS) is 12.6. The molecule has 0 saturated carbocycles. The number of aryl methyl sites for hydroxylation is 2. The quantitative estimate of drug-likeness (QED) is 0.287. The zero-order valence-electron chi connectivity index (χ0n) is 16.6. The number of alkyl halides is 2. The molecule has 0 saturated heterocycles. The van der Waals surface area contributed by atoms with Gasteiger partial charge in [0, 0.05) is 15.5 Å². The van der Waals surface area contributed by atoms with Gasteiger partial charge in [-0.25, -0.2) is 4.98 Å². The van der Waals surface area contributed by atoms with Crippen molar-refractivity contribution in [2.45, 2.75) is 41.0 Å². The highest BCUT2D eigenvalue weighted by Crippen LogP contribution is 2.37. The maximum absolute atomic E-state index is 12.5. The zero-order chi connectivity index (χ0) is 22.1. The molecule has 0 aliphatic heterocycles. The Kier molecular flexibility index (Phi) is 6.60. The van der Waals surface area contributed by atoms with Crippen LogP contribution in [0.25, 0.3) is 10.2 Å². The van der Waals surface area contributed by atoms with Crippen molar-refractivity contribution in [2.24, 2.45) is 0 Å². The van der Waals surface area contributed by atoms with Crippen LogP contribution in [0.15, 0.2) is 38.3 Å². The molecule has 0 aliphatic rings. The number of thioether (sulfide) groups is 2. The summed E-state index contributed by atoms with van der Waals surface area (Å²) in [7, 11) is 0. The van der Waals surface area contributed by atoms with E-state index in [1.807, 2.05) is 20.8 Å². The third-order valence-electron chi connectivity index (χ3n) is 4.46. The smallest absolute Gasteiger partial charge is 0.288 e. The second kappa shape index (κ2) is 9.23. The average molecular weight is 498 g/mol. The highest BCUT2D eigenvalue weighted by atomic mass is 32.2. The molecule has 162 valence electrons. The lowest BCUT2D eigenvalue weighted by Gasteiger charge is -2.08. The topological polar surface area (TPSA) is 83.6 Å². The molecule has 3 aromatic heterocycles. The van der Waals surface area contributed by atoms with E-state index in [1.165, 1.54) is 34.4 Å². The minimum absolute atomic E-state index is 0.119. The third-order valence-corrected chi connectivity index (χ3v) is 8.31. The van der Waals surface area contributed by atoms with Gasteiger partial charge in [0.2, 0.25) is 5.13 Å². The van der Waals surface area contributed by atoms with E-state index in [2.05, 4.69) is 25.5 Å². The number of aromatic nitrogens is 4. The van der Waals surface area contributed by atoms with E-state index >= 15 is 0 Å². The molecular weight excluding hydrogens is 481 g/mol. The van der Waals surface area contributed by atoms with Gasteiger partial charge in [-0.2, -0.15) is 8.78 Å². The molecule has 0 radical (unpaired) electrons. The van der Waals surface area contributed by atoms with Crippen LogP contribution in [0.3, 0.4) is 0 Å². The molecule has 1 aromatic carbocycles. The lowest BCUT2D eigenvalue weighted by Crippen LogP contribution is -2.12. The summed E-state index contributed by atoms with van der Waals surface area (Å²) in [5.41, 5.74) is 1.59. The Labute approximate surface area is 192 Å². The zero-order valence-corrected chi connectivity index (χ0v) is 19.9. The minimum Gasteiger partial charge on any atom is -0.330 e. The Balaban J connectivity index is 1.45. The maximum Gasteiger partial charge on any atom is 0.288 e. The molecule has 0 aliphatic carbocycles. The first-order chi connectivity index (χ1) is 14.8. The number of anilines is 2. The molecule has 1 atom stereocenters. The Morgan fingerprint density at radius 2 is 1.84 bits per heavy atom. The van der Waals surface area contributed by atoms with Gasteiger partial charge in [0.1, 0.15) is 10.7 Å². The molecule has 6 nitrogen and oxygen atoms in total. The molecule has 1 unspecified atom stereocenters. The number of hydrogen-bond acceptors (Lipinski definition) is 9. The molecule has 2 N–H and O–H groups in total. The van der Waals surface area contributed by atoms with E-state index in [9.17, 15) is 13.6 Å². The van der Waals surface area contributed by atoms with Crippen molar-refractivity contribution in [3.05, 3.63) is 50.9 Å². The van der Waals surface area contributed by atoms with E-state index in [-0.39, 0.29) is 10.8 Å². The first-order valence-electron chi connectivity index (χ1n) is 9.12. The van der Waals surface area contributed by atoms with Gasteiger partial charge < -0.3 is 10.3 Å².